The normalized spacial score (nSPS) is 15.9. The number of para-hydroxylation sites is 2. The molecule has 2 N–H and O–H groups in total. The largest absolute Gasteiger partial charge is 0.481 e. The van der Waals surface area contributed by atoms with Gasteiger partial charge in [-0.25, -0.2) is 4.79 Å². The van der Waals surface area contributed by atoms with Crippen molar-refractivity contribution in [1.82, 2.24) is 5.32 Å². The highest BCUT2D eigenvalue weighted by Crippen LogP contribution is 2.31. The average Bonchev–Trinajstić information content (AvgIpc) is 2.60. The van der Waals surface area contributed by atoms with Crippen molar-refractivity contribution in [3.8, 4) is 5.75 Å². The molecule has 2 aromatic rings. The average molecular weight is 312 g/mol. The van der Waals surface area contributed by atoms with Crippen LogP contribution < -0.4 is 15.4 Å². The summed E-state index contributed by atoms with van der Waals surface area (Å²) in [5, 5.41) is 6.14. The lowest BCUT2D eigenvalue weighted by Gasteiger charge is -2.29. The third-order valence-corrected chi connectivity index (χ3v) is 3.55. The van der Waals surface area contributed by atoms with E-state index in [1.807, 2.05) is 30.3 Å². The van der Waals surface area contributed by atoms with Crippen molar-refractivity contribution in [3.63, 3.8) is 0 Å². The van der Waals surface area contributed by atoms with Crippen LogP contribution >= 0.6 is 0 Å². The van der Waals surface area contributed by atoms with Crippen molar-refractivity contribution in [2.75, 3.05) is 19.0 Å². The number of benzene rings is 2. The Balaban J connectivity index is 1.85. The Kier molecular flexibility index (Phi) is 4.14. The Bertz CT molecular complexity index is 745. The highest BCUT2D eigenvalue weighted by molar-refractivity contribution is 6.01. The maximum Gasteiger partial charge on any atom is 0.343 e. The SMILES string of the molecule is COC(=O)COc1ccccc1[C@H]1NC(=O)c2ccccc2N1. The molecule has 0 saturated carbocycles. The maximum atomic E-state index is 12.2. The quantitative estimate of drug-likeness (QED) is 0.846. The van der Waals surface area contributed by atoms with Crippen molar-refractivity contribution in [3.05, 3.63) is 59.7 Å². The van der Waals surface area contributed by atoms with Gasteiger partial charge in [0.25, 0.3) is 5.91 Å². The number of hydrogen-bond acceptors (Lipinski definition) is 5. The monoisotopic (exact) mass is 312 g/mol. The summed E-state index contributed by atoms with van der Waals surface area (Å²) in [7, 11) is 1.30. The van der Waals surface area contributed by atoms with Gasteiger partial charge in [-0.2, -0.15) is 0 Å². The van der Waals surface area contributed by atoms with Gasteiger partial charge in [0.05, 0.1) is 12.7 Å². The Hall–Kier alpha value is -3.02. The van der Waals surface area contributed by atoms with E-state index in [4.69, 9.17) is 4.74 Å². The maximum absolute atomic E-state index is 12.2. The third-order valence-electron chi connectivity index (χ3n) is 3.55. The van der Waals surface area contributed by atoms with Gasteiger partial charge in [-0.15, -0.1) is 0 Å². The Morgan fingerprint density at radius 2 is 1.83 bits per heavy atom. The number of esters is 1. The first-order valence-electron chi connectivity index (χ1n) is 7.14. The van der Waals surface area contributed by atoms with Crippen molar-refractivity contribution in [2.45, 2.75) is 6.17 Å². The van der Waals surface area contributed by atoms with Crippen molar-refractivity contribution in [1.29, 1.82) is 0 Å². The molecule has 0 fully saturated rings. The van der Waals surface area contributed by atoms with Crippen LogP contribution in [0.25, 0.3) is 0 Å². The first kappa shape index (κ1) is 14.9. The molecule has 0 aromatic heterocycles. The van der Waals surface area contributed by atoms with Crippen LogP contribution in [-0.4, -0.2) is 25.6 Å². The predicted molar refractivity (Wildman–Crippen MR) is 84.2 cm³/mol. The molecular weight excluding hydrogens is 296 g/mol. The summed E-state index contributed by atoms with van der Waals surface area (Å²) in [6, 6.07) is 14.5. The van der Waals surface area contributed by atoms with E-state index in [1.54, 1.807) is 18.2 Å². The molecule has 1 heterocycles. The molecule has 6 nitrogen and oxygen atoms in total. The first-order valence-corrected chi connectivity index (χ1v) is 7.14. The second-order valence-electron chi connectivity index (χ2n) is 5.00. The van der Waals surface area contributed by atoms with Crippen LogP contribution in [0.2, 0.25) is 0 Å². The van der Waals surface area contributed by atoms with Crippen LogP contribution in [0.3, 0.4) is 0 Å². The molecule has 0 radical (unpaired) electrons. The summed E-state index contributed by atoms with van der Waals surface area (Å²) in [5.74, 6) is -0.118. The molecule has 1 atom stereocenters. The Labute approximate surface area is 133 Å². The number of carbonyl (C=O) groups is 2. The molecule has 1 aliphatic rings. The number of hydrogen-bond donors (Lipinski definition) is 2. The van der Waals surface area contributed by atoms with E-state index in [-0.39, 0.29) is 12.5 Å². The zero-order valence-electron chi connectivity index (χ0n) is 12.5. The number of rotatable bonds is 4. The lowest BCUT2D eigenvalue weighted by Crippen LogP contribution is -2.38. The van der Waals surface area contributed by atoms with Gasteiger partial charge in [-0.1, -0.05) is 30.3 Å². The molecule has 3 rings (SSSR count). The molecule has 2 aromatic carbocycles. The molecular formula is C17H16N2O4. The fourth-order valence-electron chi connectivity index (χ4n) is 2.41. The summed E-state index contributed by atoms with van der Waals surface area (Å²) in [6.07, 6.45) is -0.439. The molecule has 0 unspecified atom stereocenters. The Morgan fingerprint density at radius 3 is 2.65 bits per heavy atom. The standard InChI is InChI=1S/C17H16N2O4/c1-22-15(20)10-23-14-9-5-3-7-12(14)16-18-13-8-4-2-6-11(13)17(21)19-16/h2-9,16,18H,10H2,1H3,(H,19,21)/t16-/m1/s1. The van der Waals surface area contributed by atoms with Crippen LogP contribution in [0, 0.1) is 0 Å². The van der Waals surface area contributed by atoms with E-state index in [9.17, 15) is 9.59 Å². The van der Waals surface area contributed by atoms with Crippen LogP contribution in [0.15, 0.2) is 48.5 Å². The second-order valence-corrected chi connectivity index (χ2v) is 5.00. The first-order chi connectivity index (χ1) is 11.2. The van der Waals surface area contributed by atoms with Gasteiger partial charge in [0.15, 0.2) is 6.61 Å². The van der Waals surface area contributed by atoms with Crippen LogP contribution in [0.1, 0.15) is 22.1 Å². The minimum Gasteiger partial charge on any atom is -0.481 e. The van der Waals surface area contributed by atoms with Crippen LogP contribution in [0.4, 0.5) is 5.69 Å². The summed E-state index contributed by atoms with van der Waals surface area (Å²) >= 11 is 0. The van der Waals surface area contributed by atoms with Crippen molar-refractivity contribution >= 4 is 17.6 Å². The number of carbonyl (C=O) groups excluding carboxylic acids is 2. The van der Waals surface area contributed by atoms with E-state index in [0.29, 0.717) is 11.3 Å². The smallest absolute Gasteiger partial charge is 0.343 e. The number of ether oxygens (including phenoxy) is 2. The zero-order valence-corrected chi connectivity index (χ0v) is 12.5. The van der Waals surface area contributed by atoms with Gasteiger partial charge in [0.1, 0.15) is 11.9 Å². The molecule has 1 amide bonds. The van der Waals surface area contributed by atoms with Gasteiger partial charge in [0.2, 0.25) is 0 Å². The Morgan fingerprint density at radius 1 is 1.09 bits per heavy atom. The van der Waals surface area contributed by atoms with E-state index in [0.717, 1.165) is 11.3 Å². The molecule has 118 valence electrons. The highest BCUT2D eigenvalue weighted by atomic mass is 16.6. The van der Waals surface area contributed by atoms with E-state index in [1.165, 1.54) is 7.11 Å². The zero-order chi connectivity index (χ0) is 16.2. The second kappa shape index (κ2) is 6.39. The molecule has 23 heavy (non-hydrogen) atoms. The van der Waals surface area contributed by atoms with E-state index >= 15 is 0 Å². The molecule has 0 bridgehead atoms. The fourth-order valence-corrected chi connectivity index (χ4v) is 2.41. The van der Waals surface area contributed by atoms with Crippen LogP contribution in [-0.2, 0) is 9.53 Å². The molecule has 1 aliphatic heterocycles. The number of methoxy groups -OCH3 is 1. The molecule has 0 aliphatic carbocycles. The van der Waals surface area contributed by atoms with Gasteiger partial charge in [-0.3, -0.25) is 4.79 Å². The summed E-state index contributed by atoms with van der Waals surface area (Å²) < 4.78 is 10.1. The van der Waals surface area contributed by atoms with Gasteiger partial charge in [0, 0.05) is 11.3 Å². The molecule has 6 heteroatoms. The van der Waals surface area contributed by atoms with Crippen molar-refractivity contribution in [2.24, 2.45) is 0 Å². The lowest BCUT2D eigenvalue weighted by atomic mass is 10.1. The van der Waals surface area contributed by atoms with Crippen LogP contribution in [0.5, 0.6) is 5.75 Å². The predicted octanol–water partition coefficient (Wildman–Crippen LogP) is 2.09. The van der Waals surface area contributed by atoms with Gasteiger partial charge >= 0.3 is 5.97 Å². The number of fused-ring (bicyclic) bond motifs is 1. The summed E-state index contributed by atoms with van der Waals surface area (Å²) in [6.45, 7) is -0.190. The minimum absolute atomic E-state index is 0.160. The van der Waals surface area contributed by atoms with E-state index in [2.05, 4.69) is 15.4 Å². The van der Waals surface area contributed by atoms with Gasteiger partial charge in [-0.05, 0) is 18.2 Å². The molecule has 0 saturated heterocycles. The highest BCUT2D eigenvalue weighted by Gasteiger charge is 2.26. The lowest BCUT2D eigenvalue weighted by molar-refractivity contribution is -0.142. The van der Waals surface area contributed by atoms with Crippen molar-refractivity contribution < 1.29 is 19.1 Å². The summed E-state index contributed by atoms with van der Waals surface area (Å²) in [4.78, 5) is 23.5. The number of amides is 1. The van der Waals surface area contributed by atoms with E-state index < -0.39 is 12.1 Å². The van der Waals surface area contributed by atoms with Gasteiger partial charge < -0.3 is 20.1 Å². The number of anilines is 1. The topological polar surface area (TPSA) is 76.7 Å². The summed E-state index contributed by atoms with van der Waals surface area (Å²) in [5.41, 5.74) is 2.08. The number of nitrogens with one attached hydrogen (secondary N) is 2. The molecule has 0 spiro atoms. The fraction of sp³-hybridized carbons (Fsp3) is 0.176. The third kappa shape index (κ3) is 3.11. The minimum atomic E-state index is -0.467.